The Bertz CT molecular complexity index is 176. The van der Waals surface area contributed by atoms with Crippen LogP contribution in [0, 0.1) is 5.41 Å². The molecule has 0 heterocycles. The Hall–Kier alpha value is -0.730. The molecule has 0 aliphatic rings. The van der Waals surface area contributed by atoms with E-state index in [4.69, 9.17) is 36.7 Å². The molecule has 0 aromatic heterocycles. The SMILES string of the molecule is N=C(N)[C@H](O)[C@@H](O)[C@H](O)[C@H](O)CO. The highest BCUT2D eigenvalue weighted by Gasteiger charge is 2.31. The lowest BCUT2D eigenvalue weighted by atomic mass is 10.0. The fourth-order valence-corrected chi connectivity index (χ4v) is 0.706. The van der Waals surface area contributed by atoms with Gasteiger partial charge in [0.15, 0.2) is 0 Å². The zero-order valence-electron chi connectivity index (χ0n) is 6.83. The maximum absolute atomic E-state index is 9.07. The molecule has 0 radical (unpaired) electrons. The minimum Gasteiger partial charge on any atom is -0.394 e. The Labute approximate surface area is 74.6 Å². The number of hydrogen-bond acceptors (Lipinski definition) is 6. The number of aliphatic hydroxyl groups is 5. The fourth-order valence-electron chi connectivity index (χ4n) is 0.706. The van der Waals surface area contributed by atoms with E-state index < -0.39 is 36.9 Å². The Balaban J connectivity index is 4.24. The molecule has 0 aliphatic heterocycles. The normalized spacial score (nSPS) is 20.4. The minimum atomic E-state index is -1.79. The molecule has 0 aromatic rings. The van der Waals surface area contributed by atoms with Gasteiger partial charge in [-0.1, -0.05) is 0 Å². The molecule has 0 aromatic carbocycles. The second-order valence-electron chi connectivity index (χ2n) is 2.63. The van der Waals surface area contributed by atoms with Crippen LogP contribution in [-0.2, 0) is 0 Å². The van der Waals surface area contributed by atoms with E-state index in [0.717, 1.165) is 0 Å². The topological polar surface area (TPSA) is 151 Å². The standard InChI is InChI=1S/C6H14N2O5/c7-6(8)5(13)4(12)3(11)2(10)1-9/h2-5,9-13H,1H2,(H3,7,8)/t2-,3-,4+,5-/m1/s1. The van der Waals surface area contributed by atoms with Gasteiger partial charge in [0.1, 0.15) is 30.3 Å². The number of nitrogens with two attached hydrogens (primary N) is 1. The second-order valence-corrected chi connectivity index (χ2v) is 2.63. The summed E-state index contributed by atoms with van der Waals surface area (Å²) in [5, 5.41) is 51.0. The van der Waals surface area contributed by atoms with Crippen molar-refractivity contribution in [1.82, 2.24) is 0 Å². The minimum absolute atomic E-state index is 0.725. The third kappa shape index (κ3) is 3.25. The quantitative estimate of drug-likeness (QED) is 0.177. The zero-order valence-corrected chi connectivity index (χ0v) is 6.83. The van der Waals surface area contributed by atoms with Gasteiger partial charge in [0.25, 0.3) is 0 Å². The average molecular weight is 194 g/mol. The Morgan fingerprint density at radius 1 is 1.15 bits per heavy atom. The molecule has 0 unspecified atom stereocenters. The first-order valence-corrected chi connectivity index (χ1v) is 3.58. The zero-order chi connectivity index (χ0) is 10.6. The lowest BCUT2D eigenvalue weighted by Crippen LogP contribution is -2.50. The van der Waals surface area contributed by atoms with E-state index in [1.54, 1.807) is 0 Å². The Morgan fingerprint density at radius 3 is 1.92 bits per heavy atom. The lowest BCUT2D eigenvalue weighted by molar-refractivity contribution is -0.101. The fraction of sp³-hybridized carbons (Fsp3) is 0.833. The third-order valence-electron chi connectivity index (χ3n) is 1.57. The highest BCUT2D eigenvalue weighted by atomic mass is 16.4. The summed E-state index contributed by atoms with van der Waals surface area (Å²) in [7, 11) is 0. The molecule has 0 spiro atoms. The highest BCUT2D eigenvalue weighted by Crippen LogP contribution is 2.04. The molecular weight excluding hydrogens is 180 g/mol. The molecule has 8 N–H and O–H groups in total. The van der Waals surface area contributed by atoms with E-state index in [1.807, 2.05) is 0 Å². The van der Waals surface area contributed by atoms with Crippen LogP contribution in [0.4, 0.5) is 0 Å². The number of aliphatic hydroxyl groups excluding tert-OH is 5. The first-order valence-electron chi connectivity index (χ1n) is 3.58. The third-order valence-corrected chi connectivity index (χ3v) is 1.57. The van der Waals surface area contributed by atoms with Gasteiger partial charge in [-0.05, 0) is 0 Å². The number of hydrogen-bond donors (Lipinski definition) is 7. The van der Waals surface area contributed by atoms with Gasteiger partial charge in [-0.3, -0.25) is 5.41 Å². The molecule has 7 nitrogen and oxygen atoms in total. The van der Waals surface area contributed by atoms with Gasteiger partial charge in [0.05, 0.1) is 6.61 Å². The van der Waals surface area contributed by atoms with Gasteiger partial charge in [-0.15, -0.1) is 0 Å². The van der Waals surface area contributed by atoms with Crippen LogP contribution in [0.2, 0.25) is 0 Å². The summed E-state index contributed by atoms with van der Waals surface area (Å²) < 4.78 is 0. The summed E-state index contributed by atoms with van der Waals surface area (Å²) in [5.74, 6) is -0.725. The summed E-state index contributed by atoms with van der Waals surface area (Å²) >= 11 is 0. The predicted molar refractivity (Wildman–Crippen MR) is 43.0 cm³/mol. The van der Waals surface area contributed by atoms with Crippen LogP contribution in [0.15, 0.2) is 0 Å². The monoisotopic (exact) mass is 194 g/mol. The van der Waals surface area contributed by atoms with Gasteiger partial charge in [0.2, 0.25) is 0 Å². The first-order chi connectivity index (χ1) is 5.91. The maximum atomic E-state index is 9.07. The van der Waals surface area contributed by atoms with Crippen LogP contribution < -0.4 is 5.73 Å². The van der Waals surface area contributed by atoms with E-state index in [1.165, 1.54) is 0 Å². The van der Waals surface area contributed by atoms with Crippen molar-refractivity contribution in [2.45, 2.75) is 24.4 Å². The van der Waals surface area contributed by atoms with E-state index in [2.05, 4.69) is 0 Å². The molecule has 4 atom stereocenters. The lowest BCUT2D eigenvalue weighted by Gasteiger charge is -2.24. The summed E-state index contributed by atoms with van der Waals surface area (Å²) in [6.45, 7) is -0.761. The van der Waals surface area contributed by atoms with Gasteiger partial charge >= 0.3 is 0 Å². The van der Waals surface area contributed by atoms with Crippen molar-refractivity contribution >= 4 is 5.84 Å². The molecule has 0 fully saturated rings. The molecule has 0 rings (SSSR count). The molecule has 7 heteroatoms. The average Bonchev–Trinajstić information content (AvgIpc) is 2.12. The van der Waals surface area contributed by atoms with E-state index in [0.29, 0.717) is 0 Å². The van der Waals surface area contributed by atoms with Gasteiger partial charge in [-0.25, -0.2) is 0 Å². The molecule has 0 amide bonds. The van der Waals surface area contributed by atoms with Crippen molar-refractivity contribution in [3.8, 4) is 0 Å². The molecule has 13 heavy (non-hydrogen) atoms. The first kappa shape index (κ1) is 12.3. The summed E-state index contributed by atoms with van der Waals surface area (Å²) in [6.07, 6.45) is -6.87. The van der Waals surface area contributed by atoms with Crippen LogP contribution in [0.25, 0.3) is 0 Å². The number of nitrogens with one attached hydrogen (secondary N) is 1. The number of amidine groups is 1. The molecule has 0 saturated heterocycles. The molecule has 0 bridgehead atoms. The van der Waals surface area contributed by atoms with E-state index in [-0.39, 0.29) is 0 Å². The summed E-state index contributed by atoms with van der Waals surface area (Å²) in [6, 6.07) is 0. The van der Waals surface area contributed by atoms with Crippen molar-refractivity contribution in [3.63, 3.8) is 0 Å². The molecule has 0 saturated carbocycles. The van der Waals surface area contributed by atoms with Crippen molar-refractivity contribution in [2.24, 2.45) is 5.73 Å². The largest absolute Gasteiger partial charge is 0.394 e. The molecule has 78 valence electrons. The molecular formula is C6H14N2O5. The van der Waals surface area contributed by atoms with Crippen LogP contribution in [0.3, 0.4) is 0 Å². The predicted octanol–water partition coefficient (Wildman–Crippen LogP) is -3.64. The smallest absolute Gasteiger partial charge is 0.139 e. The van der Waals surface area contributed by atoms with Gasteiger partial charge in [0, 0.05) is 0 Å². The van der Waals surface area contributed by atoms with Crippen LogP contribution in [0.5, 0.6) is 0 Å². The Kier molecular flexibility index (Phi) is 4.81. The number of rotatable bonds is 5. The molecule has 0 aliphatic carbocycles. The van der Waals surface area contributed by atoms with Crippen molar-refractivity contribution < 1.29 is 25.5 Å². The van der Waals surface area contributed by atoms with E-state index in [9.17, 15) is 0 Å². The van der Waals surface area contributed by atoms with Gasteiger partial charge in [-0.2, -0.15) is 0 Å². The van der Waals surface area contributed by atoms with Crippen molar-refractivity contribution in [3.05, 3.63) is 0 Å². The van der Waals surface area contributed by atoms with E-state index >= 15 is 0 Å². The maximum Gasteiger partial charge on any atom is 0.139 e. The second kappa shape index (κ2) is 5.10. The summed E-state index contributed by atoms with van der Waals surface area (Å²) in [4.78, 5) is 0. The highest BCUT2D eigenvalue weighted by molar-refractivity contribution is 5.82. The van der Waals surface area contributed by atoms with Crippen LogP contribution in [0.1, 0.15) is 0 Å². The van der Waals surface area contributed by atoms with Crippen molar-refractivity contribution in [2.75, 3.05) is 6.61 Å². The Morgan fingerprint density at radius 2 is 1.62 bits per heavy atom. The van der Waals surface area contributed by atoms with Gasteiger partial charge < -0.3 is 31.3 Å². The van der Waals surface area contributed by atoms with Crippen LogP contribution >= 0.6 is 0 Å². The summed E-state index contributed by atoms with van der Waals surface area (Å²) in [5.41, 5.74) is 4.83. The van der Waals surface area contributed by atoms with Crippen molar-refractivity contribution in [1.29, 1.82) is 5.41 Å². The van der Waals surface area contributed by atoms with Crippen LogP contribution in [-0.4, -0.2) is 62.4 Å².